The van der Waals surface area contributed by atoms with Crippen LogP contribution in [-0.4, -0.2) is 40.5 Å². The van der Waals surface area contributed by atoms with E-state index in [0.29, 0.717) is 10.9 Å². The van der Waals surface area contributed by atoms with Crippen LogP contribution in [0.25, 0.3) is 22.2 Å². The maximum Gasteiger partial charge on any atom is 0.335 e. The van der Waals surface area contributed by atoms with E-state index in [0.717, 1.165) is 35.0 Å². The van der Waals surface area contributed by atoms with Gasteiger partial charge in [0.05, 0.1) is 16.8 Å². The number of hydrogen-bond donors (Lipinski definition) is 1. The van der Waals surface area contributed by atoms with Gasteiger partial charge < -0.3 is 14.6 Å². The first-order valence-electron chi connectivity index (χ1n) is 10.7. The van der Waals surface area contributed by atoms with Gasteiger partial charge in [-0.25, -0.2) is 4.79 Å². The van der Waals surface area contributed by atoms with Crippen LogP contribution in [0.4, 0.5) is 0 Å². The third-order valence-electron chi connectivity index (χ3n) is 6.29. The summed E-state index contributed by atoms with van der Waals surface area (Å²) >= 11 is 6.65. The smallest absolute Gasteiger partial charge is 0.335 e. The van der Waals surface area contributed by atoms with Crippen molar-refractivity contribution < 1.29 is 14.7 Å². The van der Waals surface area contributed by atoms with E-state index >= 15 is 0 Å². The molecule has 5 nitrogen and oxygen atoms in total. The number of rotatable bonds is 5. The molecular formula is C25H27ClN2O3. The van der Waals surface area contributed by atoms with E-state index in [-0.39, 0.29) is 18.0 Å². The minimum absolute atomic E-state index is 0.0545. The van der Waals surface area contributed by atoms with Crippen molar-refractivity contribution in [2.24, 2.45) is 0 Å². The summed E-state index contributed by atoms with van der Waals surface area (Å²) in [5, 5.41) is 11.2. The average Bonchev–Trinajstić information content (AvgIpc) is 3.07. The highest BCUT2D eigenvalue weighted by molar-refractivity contribution is 6.33. The topological polar surface area (TPSA) is 62.5 Å². The van der Waals surface area contributed by atoms with Crippen molar-refractivity contribution in [3.05, 3.63) is 58.6 Å². The lowest BCUT2D eigenvalue weighted by Gasteiger charge is -2.24. The molecule has 0 aliphatic heterocycles. The summed E-state index contributed by atoms with van der Waals surface area (Å²) in [4.78, 5) is 26.0. The second-order valence-corrected chi connectivity index (χ2v) is 8.90. The number of likely N-dealkylation sites (N-methyl/N-ethyl adjacent to an activating group) is 1. The van der Waals surface area contributed by atoms with Gasteiger partial charge in [-0.3, -0.25) is 4.79 Å². The molecule has 0 unspecified atom stereocenters. The molecule has 1 amide bonds. The largest absolute Gasteiger partial charge is 0.478 e. The molecular weight excluding hydrogens is 412 g/mol. The minimum Gasteiger partial charge on any atom is -0.478 e. The fraction of sp³-hybridized carbons (Fsp3) is 0.360. The van der Waals surface area contributed by atoms with Crippen LogP contribution < -0.4 is 0 Å². The van der Waals surface area contributed by atoms with Crippen molar-refractivity contribution in [3.63, 3.8) is 0 Å². The van der Waals surface area contributed by atoms with Gasteiger partial charge in [-0.1, -0.05) is 55.1 Å². The summed E-state index contributed by atoms with van der Waals surface area (Å²) in [5.41, 5.74) is 3.98. The van der Waals surface area contributed by atoms with Crippen LogP contribution in [0.15, 0.2) is 42.5 Å². The van der Waals surface area contributed by atoms with E-state index in [1.165, 1.54) is 24.8 Å². The molecule has 0 atom stereocenters. The van der Waals surface area contributed by atoms with Crippen LogP contribution in [0.1, 0.15) is 53.9 Å². The Kier molecular flexibility index (Phi) is 6.05. The third kappa shape index (κ3) is 4.07. The zero-order valence-electron chi connectivity index (χ0n) is 17.9. The van der Waals surface area contributed by atoms with Crippen LogP contribution in [0.2, 0.25) is 5.02 Å². The van der Waals surface area contributed by atoms with Crippen molar-refractivity contribution in [2.45, 2.75) is 44.6 Å². The highest BCUT2D eigenvalue weighted by Crippen LogP contribution is 2.45. The molecule has 0 spiro atoms. The molecule has 31 heavy (non-hydrogen) atoms. The Morgan fingerprint density at radius 3 is 2.45 bits per heavy atom. The summed E-state index contributed by atoms with van der Waals surface area (Å²) in [6.45, 7) is 0.125. The van der Waals surface area contributed by atoms with E-state index in [2.05, 4.69) is 0 Å². The van der Waals surface area contributed by atoms with Crippen molar-refractivity contribution >= 4 is 34.4 Å². The SMILES string of the molecule is CN(C)C(=O)Cn1c(-c2ccccc2Cl)c(C2CCCCC2)c2ccc(C(=O)O)cc21. The van der Waals surface area contributed by atoms with Crippen LogP contribution in [0, 0.1) is 0 Å². The number of carbonyl (C=O) groups is 2. The fourth-order valence-electron chi connectivity index (χ4n) is 4.70. The van der Waals surface area contributed by atoms with E-state index in [1.807, 2.05) is 34.9 Å². The van der Waals surface area contributed by atoms with Gasteiger partial charge in [-0.2, -0.15) is 0 Å². The Balaban J connectivity index is 2.07. The minimum atomic E-state index is -0.980. The number of halogens is 1. The van der Waals surface area contributed by atoms with Crippen LogP contribution in [0.5, 0.6) is 0 Å². The summed E-state index contributed by atoms with van der Waals surface area (Å²) in [7, 11) is 3.46. The van der Waals surface area contributed by atoms with Crippen molar-refractivity contribution in [1.82, 2.24) is 9.47 Å². The number of carboxylic acids is 1. The normalized spacial score (nSPS) is 14.7. The lowest BCUT2D eigenvalue weighted by molar-refractivity contribution is -0.129. The number of aromatic carboxylic acids is 1. The number of carbonyl (C=O) groups excluding carboxylic acids is 1. The van der Waals surface area contributed by atoms with Crippen LogP contribution in [-0.2, 0) is 11.3 Å². The monoisotopic (exact) mass is 438 g/mol. The lowest BCUT2D eigenvalue weighted by Crippen LogP contribution is -2.26. The number of hydrogen-bond acceptors (Lipinski definition) is 2. The van der Waals surface area contributed by atoms with Crippen LogP contribution in [0.3, 0.4) is 0 Å². The maximum atomic E-state index is 12.8. The van der Waals surface area contributed by atoms with Gasteiger partial charge in [0.25, 0.3) is 0 Å². The Bertz CT molecular complexity index is 1140. The van der Waals surface area contributed by atoms with Gasteiger partial charge >= 0.3 is 5.97 Å². The molecule has 1 heterocycles. The zero-order valence-corrected chi connectivity index (χ0v) is 18.7. The molecule has 1 aliphatic carbocycles. The highest BCUT2D eigenvalue weighted by atomic mass is 35.5. The van der Waals surface area contributed by atoms with Crippen molar-refractivity contribution in [2.75, 3.05) is 14.1 Å². The first-order valence-corrected chi connectivity index (χ1v) is 11.1. The van der Waals surface area contributed by atoms with E-state index < -0.39 is 5.97 Å². The molecule has 1 fully saturated rings. The predicted octanol–water partition coefficient (Wildman–Crippen LogP) is 5.80. The third-order valence-corrected chi connectivity index (χ3v) is 6.61. The fourth-order valence-corrected chi connectivity index (χ4v) is 4.92. The second kappa shape index (κ2) is 8.75. The number of benzene rings is 2. The van der Waals surface area contributed by atoms with Gasteiger partial charge in [-0.15, -0.1) is 0 Å². The molecule has 1 aliphatic rings. The molecule has 1 N–H and O–H groups in total. The number of nitrogens with zero attached hydrogens (tertiary/aromatic N) is 2. The first kappa shape index (κ1) is 21.4. The number of carboxylic acid groups (broad SMARTS) is 1. The Labute approximate surface area is 187 Å². The molecule has 0 saturated heterocycles. The standard InChI is InChI=1S/C25H27ClN2O3/c1-27(2)22(29)15-28-21-14-17(25(30)31)12-13-19(21)23(16-8-4-3-5-9-16)24(28)18-10-6-7-11-20(18)26/h6-7,10-14,16H,3-5,8-9,15H2,1-2H3,(H,30,31). The summed E-state index contributed by atoms with van der Waals surface area (Å²) in [6.07, 6.45) is 5.74. The lowest BCUT2D eigenvalue weighted by atomic mass is 9.81. The van der Waals surface area contributed by atoms with Gasteiger partial charge in [0.1, 0.15) is 6.54 Å². The summed E-state index contributed by atoms with van der Waals surface area (Å²) in [5.74, 6) is -0.679. The molecule has 6 heteroatoms. The molecule has 1 saturated carbocycles. The van der Waals surface area contributed by atoms with E-state index in [9.17, 15) is 14.7 Å². The van der Waals surface area contributed by atoms with E-state index in [4.69, 9.17) is 11.6 Å². The van der Waals surface area contributed by atoms with Gasteiger partial charge in [0.2, 0.25) is 5.91 Å². The molecule has 0 bridgehead atoms. The molecule has 2 aromatic carbocycles. The first-order chi connectivity index (χ1) is 14.9. The molecule has 0 radical (unpaired) electrons. The maximum absolute atomic E-state index is 12.8. The Morgan fingerprint density at radius 1 is 1.10 bits per heavy atom. The molecule has 1 aromatic heterocycles. The molecule has 3 aromatic rings. The Hall–Kier alpha value is -2.79. The average molecular weight is 439 g/mol. The van der Waals surface area contributed by atoms with Crippen molar-refractivity contribution in [3.8, 4) is 11.3 Å². The van der Waals surface area contributed by atoms with E-state index in [1.54, 1.807) is 31.1 Å². The van der Waals surface area contributed by atoms with Gasteiger partial charge in [0, 0.05) is 30.1 Å². The molecule has 162 valence electrons. The Morgan fingerprint density at radius 2 is 1.81 bits per heavy atom. The number of aromatic nitrogens is 1. The summed E-state index contributed by atoms with van der Waals surface area (Å²) < 4.78 is 1.97. The molecule has 4 rings (SSSR count). The van der Waals surface area contributed by atoms with Crippen molar-refractivity contribution in [1.29, 1.82) is 0 Å². The highest BCUT2D eigenvalue weighted by Gasteiger charge is 2.28. The summed E-state index contributed by atoms with van der Waals surface area (Å²) in [6, 6.07) is 12.9. The second-order valence-electron chi connectivity index (χ2n) is 8.49. The predicted molar refractivity (Wildman–Crippen MR) is 124 cm³/mol. The van der Waals surface area contributed by atoms with Crippen LogP contribution >= 0.6 is 11.6 Å². The van der Waals surface area contributed by atoms with Gasteiger partial charge in [-0.05, 0) is 42.5 Å². The van der Waals surface area contributed by atoms with Gasteiger partial charge in [0.15, 0.2) is 0 Å². The number of amides is 1. The zero-order chi connectivity index (χ0) is 22.1. The quantitative estimate of drug-likeness (QED) is 0.547. The number of fused-ring (bicyclic) bond motifs is 1.